The van der Waals surface area contributed by atoms with Gasteiger partial charge in [0, 0.05) is 23.8 Å². The highest BCUT2D eigenvalue weighted by atomic mass is 35.5. The Balaban J connectivity index is 2.51. The third-order valence-corrected chi connectivity index (χ3v) is 4.48. The summed E-state index contributed by atoms with van der Waals surface area (Å²) in [6, 6.07) is 1.52. The number of amides is 1. The lowest BCUT2D eigenvalue weighted by Crippen LogP contribution is -2.21. The summed E-state index contributed by atoms with van der Waals surface area (Å²) in [5.41, 5.74) is -1.03. The molecule has 0 unspecified atom stereocenters. The zero-order chi connectivity index (χ0) is 18.6. The Morgan fingerprint density at radius 2 is 2.00 bits per heavy atom. The highest BCUT2D eigenvalue weighted by molar-refractivity contribution is 7.99. The molecule has 0 fully saturated rings. The fraction of sp³-hybridized carbons (Fsp3) is 0.143. The van der Waals surface area contributed by atoms with Crippen LogP contribution in [0.1, 0.15) is 21.6 Å². The Morgan fingerprint density at radius 3 is 2.60 bits per heavy atom. The average molecular weight is 392 g/mol. The smallest absolute Gasteiger partial charge is 0.416 e. The standard InChI is InChI=1S/C14H9ClF3N3O3S/c15-9-4-8(14(16,17)18)3-7(5-21-13(23)24)11(9)25-12-10(6-22)19-1-2-20-12/h1-4,6,21H,5H2,(H,23,24). The molecule has 1 aromatic carbocycles. The van der Waals surface area contributed by atoms with Crippen molar-refractivity contribution in [2.24, 2.45) is 0 Å². The number of carbonyl (C=O) groups excluding carboxylic acids is 1. The molecule has 1 amide bonds. The van der Waals surface area contributed by atoms with Crippen LogP contribution in [0.25, 0.3) is 0 Å². The van der Waals surface area contributed by atoms with E-state index in [4.69, 9.17) is 16.7 Å². The van der Waals surface area contributed by atoms with Crippen molar-refractivity contribution < 1.29 is 27.9 Å². The van der Waals surface area contributed by atoms with Crippen molar-refractivity contribution in [2.45, 2.75) is 22.6 Å². The van der Waals surface area contributed by atoms with Gasteiger partial charge in [-0.1, -0.05) is 23.4 Å². The minimum absolute atomic E-state index is 0.00488. The molecule has 0 bridgehead atoms. The largest absolute Gasteiger partial charge is 0.465 e. The monoisotopic (exact) mass is 391 g/mol. The Hall–Kier alpha value is -2.33. The molecule has 11 heteroatoms. The molecule has 0 aliphatic rings. The second-order valence-corrected chi connectivity index (χ2v) is 5.98. The van der Waals surface area contributed by atoms with Gasteiger partial charge in [-0.25, -0.2) is 14.8 Å². The van der Waals surface area contributed by atoms with Crippen LogP contribution < -0.4 is 5.32 Å². The zero-order valence-electron chi connectivity index (χ0n) is 12.2. The molecule has 0 spiro atoms. The number of halogens is 4. The van der Waals surface area contributed by atoms with E-state index >= 15 is 0 Å². The minimum Gasteiger partial charge on any atom is -0.465 e. The fourth-order valence-corrected chi connectivity index (χ4v) is 3.11. The van der Waals surface area contributed by atoms with Crippen LogP contribution in [0, 0.1) is 0 Å². The molecular weight excluding hydrogens is 383 g/mol. The summed E-state index contributed by atoms with van der Waals surface area (Å²) < 4.78 is 38.9. The van der Waals surface area contributed by atoms with Gasteiger partial charge in [-0.15, -0.1) is 0 Å². The molecule has 0 aliphatic carbocycles. The first kappa shape index (κ1) is 19.0. The highest BCUT2D eigenvalue weighted by Crippen LogP contribution is 2.40. The number of alkyl halides is 3. The van der Waals surface area contributed by atoms with Gasteiger partial charge in [0.15, 0.2) is 6.29 Å². The van der Waals surface area contributed by atoms with E-state index in [1.54, 1.807) is 0 Å². The maximum Gasteiger partial charge on any atom is 0.416 e. The van der Waals surface area contributed by atoms with E-state index in [0.717, 1.165) is 23.9 Å². The van der Waals surface area contributed by atoms with Crippen molar-refractivity contribution >= 4 is 35.7 Å². The number of nitrogens with one attached hydrogen (secondary N) is 1. The molecule has 2 rings (SSSR count). The third kappa shape index (κ3) is 4.83. The zero-order valence-corrected chi connectivity index (χ0v) is 13.7. The number of carbonyl (C=O) groups is 2. The van der Waals surface area contributed by atoms with Crippen LogP contribution >= 0.6 is 23.4 Å². The number of aldehydes is 1. The van der Waals surface area contributed by atoms with E-state index in [-0.39, 0.29) is 26.2 Å². The fourth-order valence-electron chi connectivity index (χ4n) is 1.82. The number of carboxylic acid groups (broad SMARTS) is 1. The molecule has 2 N–H and O–H groups in total. The summed E-state index contributed by atoms with van der Waals surface area (Å²) in [5.74, 6) is 0. The molecule has 0 aliphatic heterocycles. The summed E-state index contributed by atoms with van der Waals surface area (Å²) in [6.45, 7) is -0.405. The minimum atomic E-state index is -4.65. The number of nitrogens with zero attached hydrogens (tertiary/aromatic N) is 2. The molecule has 0 radical (unpaired) electrons. The highest BCUT2D eigenvalue weighted by Gasteiger charge is 2.32. The first-order valence-electron chi connectivity index (χ1n) is 6.53. The molecule has 2 aromatic rings. The van der Waals surface area contributed by atoms with Crippen LogP contribution in [0.2, 0.25) is 5.02 Å². The molecule has 0 saturated heterocycles. The van der Waals surface area contributed by atoms with Gasteiger partial charge >= 0.3 is 12.3 Å². The molecule has 25 heavy (non-hydrogen) atoms. The summed E-state index contributed by atoms with van der Waals surface area (Å²) >= 11 is 6.79. The first-order chi connectivity index (χ1) is 11.7. The SMILES string of the molecule is O=Cc1nccnc1Sc1c(Cl)cc(C(F)(F)F)cc1CNC(=O)O. The molecule has 1 heterocycles. The average Bonchev–Trinajstić information content (AvgIpc) is 2.54. The van der Waals surface area contributed by atoms with Crippen LogP contribution in [-0.4, -0.2) is 27.5 Å². The predicted octanol–water partition coefficient (Wildman–Crippen LogP) is 3.88. The van der Waals surface area contributed by atoms with Crippen molar-refractivity contribution in [2.75, 3.05) is 0 Å². The van der Waals surface area contributed by atoms with Crippen LogP contribution in [0.5, 0.6) is 0 Å². The number of rotatable bonds is 5. The van der Waals surface area contributed by atoms with Crippen molar-refractivity contribution in [3.8, 4) is 0 Å². The second kappa shape index (κ2) is 7.70. The van der Waals surface area contributed by atoms with Crippen molar-refractivity contribution in [1.29, 1.82) is 0 Å². The maximum atomic E-state index is 13.0. The van der Waals surface area contributed by atoms with Gasteiger partial charge in [-0.3, -0.25) is 4.79 Å². The molecule has 132 valence electrons. The maximum absolute atomic E-state index is 13.0. The number of benzene rings is 1. The van der Waals surface area contributed by atoms with Crippen molar-refractivity contribution in [3.63, 3.8) is 0 Å². The molecule has 6 nitrogen and oxygen atoms in total. The summed E-state index contributed by atoms with van der Waals surface area (Å²) in [6.07, 6.45) is -3.01. The topological polar surface area (TPSA) is 92.2 Å². The quantitative estimate of drug-likeness (QED) is 0.751. The van der Waals surface area contributed by atoms with E-state index in [2.05, 4.69) is 9.97 Å². The summed E-state index contributed by atoms with van der Waals surface area (Å²) in [4.78, 5) is 29.6. The van der Waals surface area contributed by atoms with Gasteiger partial charge in [0.25, 0.3) is 0 Å². The summed E-state index contributed by atoms with van der Waals surface area (Å²) in [5, 5.41) is 10.6. The Morgan fingerprint density at radius 1 is 1.32 bits per heavy atom. The van der Waals surface area contributed by atoms with Gasteiger partial charge in [-0.2, -0.15) is 13.2 Å². The number of aromatic nitrogens is 2. The van der Waals surface area contributed by atoms with Crippen LogP contribution in [0.15, 0.2) is 34.4 Å². The first-order valence-corrected chi connectivity index (χ1v) is 7.72. The van der Waals surface area contributed by atoms with Gasteiger partial charge in [0.2, 0.25) is 0 Å². The lowest BCUT2D eigenvalue weighted by atomic mass is 10.1. The van der Waals surface area contributed by atoms with Crippen LogP contribution in [0.3, 0.4) is 0 Å². The third-order valence-electron chi connectivity index (χ3n) is 2.88. The van der Waals surface area contributed by atoms with Gasteiger partial charge < -0.3 is 10.4 Å². The van der Waals surface area contributed by atoms with Crippen LogP contribution in [0.4, 0.5) is 18.0 Å². The summed E-state index contributed by atoms with van der Waals surface area (Å²) in [7, 11) is 0. The lowest BCUT2D eigenvalue weighted by Gasteiger charge is -2.15. The van der Waals surface area contributed by atoms with Crippen LogP contribution in [-0.2, 0) is 12.7 Å². The molecule has 1 aromatic heterocycles. The van der Waals surface area contributed by atoms with Gasteiger partial charge in [-0.05, 0) is 17.7 Å². The second-order valence-electron chi connectivity index (χ2n) is 4.57. The predicted molar refractivity (Wildman–Crippen MR) is 82.9 cm³/mol. The van der Waals surface area contributed by atoms with Gasteiger partial charge in [0.05, 0.1) is 10.6 Å². The van der Waals surface area contributed by atoms with Crippen molar-refractivity contribution in [1.82, 2.24) is 15.3 Å². The molecule has 0 atom stereocenters. The number of hydrogen-bond donors (Lipinski definition) is 2. The van der Waals surface area contributed by atoms with E-state index in [1.807, 2.05) is 5.32 Å². The van der Waals surface area contributed by atoms with E-state index in [9.17, 15) is 22.8 Å². The van der Waals surface area contributed by atoms with Crippen molar-refractivity contribution in [3.05, 3.63) is 46.4 Å². The van der Waals surface area contributed by atoms with E-state index < -0.39 is 24.4 Å². The van der Waals surface area contributed by atoms with Gasteiger partial charge in [0.1, 0.15) is 10.7 Å². The number of hydrogen-bond acceptors (Lipinski definition) is 5. The molecular formula is C14H9ClF3N3O3S. The lowest BCUT2D eigenvalue weighted by molar-refractivity contribution is -0.137. The normalized spacial score (nSPS) is 11.2. The Labute approximate surface area is 148 Å². The Kier molecular flexibility index (Phi) is 5.85. The van der Waals surface area contributed by atoms with E-state index in [1.165, 1.54) is 12.4 Å². The Bertz CT molecular complexity index is 818. The molecule has 0 saturated carbocycles. The van der Waals surface area contributed by atoms with E-state index in [0.29, 0.717) is 6.29 Å².